The lowest BCUT2D eigenvalue weighted by atomic mass is 9.53. The Morgan fingerprint density at radius 1 is 0.724 bits per heavy atom. The summed E-state index contributed by atoms with van der Waals surface area (Å²) in [6.45, 7) is 0. The molecular formula is C25H24O4. The van der Waals surface area contributed by atoms with E-state index in [-0.39, 0.29) is 23.8 Å². The largest absolute Gasteiger partial charge is 0.469 e. The van der Waals surface area contributed by atoms with Crippen LogP contribution in [0.15, 0.2) is 36.4 Å². The van der Waals surface area contributed by atoms with Crippen molar-refractivity contribution in [2.45, 2.75) is 42.9 Å². The number of fused-ring (bicyclic) bond motifs is 6. The number of benzene rings is 2. The van der Waals surface area contributed by atoms with Crippen molar-refractivity contribution < 1.29 is 19.1 Å². The summed E-state index contributed by atoms with van der Waals surface area (Å²) in [5.41, 5.74) is 7.70. The molecule has 0 heterocycles. The summed E-state index contributed by atoms with van der Waals surface area (Å²) in [7, 11) is 2.82. The molecule has 0 radical (unpaired) electrons. The molecule has 0 unspecified atom stereocenters. The Balaban J connectivity index is 1.63. The third-order valence-electron chi connectivity index (χ3n) is 7.99. The highest BCUT2D eigenvalue weighted by atomic mass is 16.5. The lowest BCUT2D eigenvalue weighted by Gasteiger charge is -2.48. The maximum absolute atomic E-state index is 12.9. The first-order valence-corrected chi connectivity index (χ1v) is 10.6. The van der Waals surface area contributed by atoms with Crippen molar-refractivity contribution in [3.8, 4) is 0 Å². The lowest BCUT2D eigenvalue weighted by Crippen LogP contribution is -2.47. The normalized spacial score (nSPS) is 32.3. The minimum atomic E-state index is -0.545. The van der Waals surface area contributed by atoms with Crippen LogP contribution >= 0.6 is 0 Å². The van der Waals surface area contributed by atoms with Crippen molar-refractivity contribution in [1.29, 1.82) is 0 Å². The highest BCUT2D eigenvalue weighted by Crippen LogP contribution is 2.62. The zero-order valence-electron chi connectivity index (χ0n) is 16.7. The predicted octanol–water partition coefficient (Wildman–Crippen LogP) is 4.22. The van der Waals surface area contributed by atoms with Crippen molar-refractivity contribution >= 4 is 11.9 Å². The van der Waals surface area contributed by atoms with Gasteiger partial charge in [-0.25, -0.2) is 0 Å². The van der Waals surface area contributed by atoms with Crippen molar-refractivity contribution in [3.05, 3.63) is 69.8 Å². The molecule has 2 aromatic carbocycles. The Kier molecular flexibility index (Phi) is 3.54. The van der Waals surface area contributed by atoms with Crippen LogP contribution in [0, 0.1) is 11.8 Å². The highest BCUT2D eigenvalue weighted by molar-refractivity contribution is 5.88. The van der Waals surface area contributed by atoms with E-state index in [1.54, 1.807) is 0 Å². The highest BCUT2D eigenvalue weighted by Gasteiger charge is 2.57. The second kappa shape index (κ2) is 5.94. The second-order valence-electron chi connectivity index (χ2n) is 9.00. The third-order valence-corrected chi connectivity index (χ3v) is 7.99. The molecule has 7 rings (SSSR count). The first-order chi connectivity index (χ1) is 14.1. The predicted molar refractivity (Wildman–Crippen MR) is 107 cm³/mol. The molecule has 5 aliphatic rings. The first kappa shape index (κ1) is 17.3. The molecule has 0 spiro atoms. The number of methoxy groups -OCH3 is 2. The molecule has 4 bridgehead atoms. The average Bonchev–Trinajstić information content (AvgIpc) is 3.38. The van der Waals surface area contributed by atoms with Gasteiger partial charge in [0.15, 0.2) is 0 Å². The zero-order valence-corrected chi connectivity index (χ0v) is 16.7. The molecular weight excluding hydrogens is 364 g/mol. The molecule has 29 heavy (non-hydrogen) atoms. The van der Waals surface area contributed by atoms with Gasteiger partial charge in [0.25, 0.3) is 0 Å². The van der Waals surface area contributed by atoms with E-state index in [0.29, 0.717) is 11.8 Å². The number of carbonyl (C=O) groups excluding carboxylic acids is 2. The molecule has 0 saturated heterocycles. The molecule has 0 aliphatic heterocycles. The number of ether oxygens (including phenoxy) is 2. The summed E-state index contributed by atoms with van der Waals surface area (Å²) in [5.74, 6) is -0.740. The van der Waals surface area contributed by atoms with Crippen LogP contribution in [0.3, 0.4) is 0 Å². The van der Waals surface area contributed by atoms with E-state index in [4.69, 9.17) is 9.47 Å². The van der Waals surface area contributed by atoms with E-state index in [2.05, 4.69) is 24.3 Å². The molecule has 4 heteroatoms. The van der Waals surface area contributed by atoms with Crippen LogP contribution in [0.1, 0.15) is 76.3 Å². The molecule has 0 amide bonds. The minimum Gasteiger partial charge on any atom is -0.469 e. The Hall–Kier alpha value is -2.62. The monoisotopic (exact) mass is 388 g/mol. The second-order valence-corrected chi connectivity index (χ2v) is 9.00. The van der Waals surface area contributed by atoms with Crippen molar-refractivity contribution in [2.24, 2.45) is 11.8 Å². The fourth-order valence-electron chi connectivity index (χ4n) is 6.90. The SMILES string of the molecule is COC(=O)[C@@H]1[C@H]2c3ccccc3[C@@H](c3cc4c(cc32)[C@H]2CC[C@H]4C2)[C@H]1C(=O)OC. The minimum absolute atomic E-state index is 0.160. The number of rotatable bonds is 2. The summed E-state index contributed by atoms with van der Waals surface area (Å²) in [5, 5.41) is 0. The standard InChI is InChI=1S/C25H24O4/c1-28-24(26)22-20-14-5-3-4-6-15(14)21(23(22)25(27)29-2)19-11-17-13-8-7-12(9-13)16(17)10-18(19)20/h3-6,10-13,20-23H,7-9H2,1-2H3/t12-,13-,20-,21-,22+,23+/m0/s1. The topological polar surface area (TPSA) is 52.6 Å². The number of hydrogen-bond acceptors (Lipinski definition) is 4. The van der Waals surface area contributed by atoms with E-state index in [9.17, 15) is 9.59 Å². The van der Waals surface area contributed by atoms with Gasteiger partial charge in [-0.1, -0.05) is 36.4 Å². The van der Waals surface area contributed by atoms with Crippen molar-refractivity contribution in [2.75, 3.05) is 14.2 Å². The van der Waals surface area contributed by atoms with Gasteiger partial charge in [-0.3, -0.25) is 9.59 Å². The van der Waals surface area contributed by atoms with Crippen LogP contribution in [0.2, 0.25) is 0 Å². The van der Waals surface area contributed by atoms with Crippen LogP contribution in [0.25, 0.3) is 0 Å². The fourth-order valence-corrected chi connectivity index (χ4v) is 6.90. The summed E-state index contributed by atoms with van der Waals surface area (Å²) in [6, 6.07) is 13.0. The van der Waals surface area contributed by atoms with Gasteiger partial charge in [-0.2, -0.15) is 0 Å². The summed E-state index contributed by atoms with van der Waals surface area (Å²) >= 11 is 0. The fraction of sp³-hybridized carbons (Fsp3) is 0.440. The van der Waals surface area contributed by atoms with Crippen LogP contribution in [-0.2, 0) is 19.1 Å². The van der Waals surface area contributed by atoms with Gasteiger partial charge in [0.05, 0.1) is 26.1 Å². The van der Waals surface area contributed by atoms with Gasteiger partial charge >= 0.3 is 11.9 Å². The molecule has 4 nitrogen and oxygen atoms in total. The van der Waals surface area contributed by atoms with Gasteiger partial charge in [-0.15, -0.1) is 0 Å². The van der Waals surface area contributed by atoms with Gasteiger partial charge in [0, 0.05) is 11.8 Å². The van der Waals surface area contributed by atoms with Gasteiger partial charge in [0.2, 0.25) is 0 Å². The maximum atomic E-state index is 12.9. The molecule has 5 aliphatic carbocycles. The number of esters is 2. The average molecular weight is 388 g/mol. The van der Waals surface area contributed by atoms with Crippen molar-refractivity contribution in [1.82, 2.24) is 0 Å². The quantitative estimate of drug-likeness (QED) is 0.723. The van der Waals surface area contributed by atoms with E-state index in [1.165, 1.54) is 55.7 Å². The van der Waals surface area contributed by atoms with Crippen LogP contribution in [0.5, 0.6) is 0 Å². The van der Waals surface area contributed by atoms with Gasteiger partial charge in [-0.05, 0) is 64.5 Å². The molecule has 0 aromatic heterocycles. The van der Waals surface area contributed by atoms with Crippen molar-refractivity contribution in [3.63, 3.8) is 0 Å². The molecule has 2 aromatic rings. The van der Waals surface area contributed by atoms with E-state index >= 15 is 0 Å². The zero-order chi connectivity index (χ0) is 19.9. The van der Waals surface area contributed by atoms with E-state index in [0.717, 1.165) is 11.1 Å². The Bertz CT molecular complexity index is 973. The van der Waals surface area contributed by atoms with Crippen LogP contribution in [0.4, 0.5) is 0 Å². The van der Waals surface area contributed by atoms with Gasteiger partial charge in [0.1, 0.15) is 0 Å². The number of hydrogen-bond donors (Lipinski definition) is 0. The Morgan fingerprint density at radius 3 is 1.59 bits per heavy atom. The number of carbonyl (C=O) groups is 2. The first-order valence-electron chi connectivity index (χ1n) is 10.6. The molecule has 6 atom stereocenters. The van der Waals surface area contributed by atoms with E-state index < -0.39 is 11.8 Å². The van der Waals surface area contributed by atoms with Gasteiger partial charge < -0.3 is 9.47 Å². The lowest BCUT2D eigenvalue weighted by molar-refractivity contribution is -0.160. The maximum Gasteiger partial charge on any atom is 0.310 e. The van der Waals surface area contributed by atoms with E-state index in [1.807, 2.05) is 12.1 Å². The molecule has 1 fully saturated rings. The molecule has 1 saturated carbocycles. The summed E-state index contributed by atoms with van der Waals surface area (Å²) < 4.78 is 10.4. The van der Waals surface area contributed by atoms with Crippen LogP contribution in [-0.4, -0.2) is 26.2 Å². The Morgan fingerprint density at radius 2 is 1.17 bits per heavy atom. The molecule has 0 N–H and O–H groups in total. The van der Waals surface area contributed by atoms with Crippen LogP contribution < -0.4 is 0 Å². The molecule has 148 valence electrons. The Labute approximate surface area is 170 Å². The third kappa shape index (κ3) is 2.09. The summed E-state index contributed by atoms with van der Waals surface area (Å²) in [6.07, 6.45) is 3.79. The smallest absolute Gasteiger partial charge is 0.310 e. The summed E-state index contributed by atoms with van der Waals surface area (Å²) in [4.78, 5) is 25.9.